The Kier molecular flexibility index (Phi) is 8.16. The fraction of sp³-hybridized carbons (Fsp3) is 0.556. The molecule has 2 fully saturated rings. The van der Waals surface area contributed by atoms with Crippen LogP contribution in [0, 0.1) is 17.2 Å². The minimum absolute atomic E-state index is 0.0427. The summed E-state index contributed by atoms with van der Waals surface area (Å²) in [5.74, 6) is 0.438. The molecule has 2 N–H and O–H groups in total. The van der Waals surface area contributed by atoms with E-state index < -0.39 is 11.2 Å². The van der Waals surface area contributed by atoms with Gasteiger partial charge in [0.05, 0.1) is 35.5 Å². The van der Waals surface area contributed by atoms with Crippen LogP contribution in [-0.4, -0.2) is 51.4 Å². The third kappa shape index (κ3) is 5.78. The number of aromatic nitrogens is 4. The highest BCUT2D eigenvalue weighted by molar-refractivity contribution is 6.36. The van der Waals surface area contributed by atoms with Crippen LogP contribution in [0.1, 0.15) is 58.9 Å². The van der Waals surface area contributed by atoms with Crippen LogP contribution in [-0.2, 0) is 14.3 Å². The lowest BCUT2D eigenvalue weighted by atomic mass is 9.74. The summed E-state index contributed by atoms with van der Waals surface area (Å²) in [4.78, 5) is 26.7. The molecule has 1 saturated heterocycles. The molecule has 1 aliphatic heterocycles. The monoisotopic (exact) mass is 578 g/mol. The average Bonchev–Trinajstić information content (AvgIpc) is 3.25. The van der Waals surface area contributed by atoms with E-state index in [-0.39, 0.29) is 33.8 Å². The Balaban J connectivity index is 1.51. The molecule has 0 radical (unpaired) electrons. The lowest BCUT2D eigenvalue weighted by Gasteiger charge is -2.36. The molecule has 2 aliphatic rings. The van der Waals surface area contributed by atoms with Crippen molar-refractivity contribution in [2.45, 2.75) is 65.0 Å². The molecule has 0 amide bonds. The van der Waals surface area contributed by atoms with Crippen LogP contribution in [0.15, 0.2) is 18.3 Å². The van der Waals surface area contributed by atoms with Crippen LogP contribution in [0.3, 0.4) is 0 Å². The van der Waals surface area contributed by atoms with Gasteiger partial charge in [-0.05, 0) is 64.0 Å². The quantitative estimate of drug-likeness (QED) is 0.305. The molecule has 0 spiro atoms. The van der Waals surface area contributed by atoms with Crippen molar-refractivity contribution >= 4 is 57.9 Å². The number of anilines is 3. The summed E-state index contributed by atoms with van der Waals surface area (Å²) in [6.07, 6.45) is 5.19. The van der Waals surface area contributed by atoms with Crippen LogP contribution in [0.25, 0.3) is 11.2 Å². The molecule has 2 aromatic heterocycles. The van der Waals surface area contributed by atoms with Gasteiger partial charge >= 0.3 is 5.97 Å². The van der Waals surface area contributed by atoms with Gasteiger partial charge in [-0.1, -0.05) is 30.1 Å². The maximum Gasteiger partial charge on any atom is 0.311 e. The van der Waals surface area contributed by atoms with Crippen molar-refractivity contribution in [1.29, 1.82) is 0 Å². The Morgan fingerprint density at radius 3 is 2.72 bits per heavy atom. The molecule has 2 atom stereocenters. The second kappa shape index (κ2) is 11.4. The highest BCUT2D eigenvalue weighted by Crippen LogP contribution is 2.44. The van der Waals surface area contributed by atoms with Gasteiger partial charge in [0.1, 0.15) is 11.3 Å². The number of benzene rings is 1. The Labute approximate surface area is 236 Å². The van der Waals surface area contributed by atoms with E-state index in [0.717, 1.165) is 6.42 Å². The number of nitrogens with zero attached hydrogens (tertiary/aromatic N) is 4. The molecule has 0 unspecified atom stereocenters. The molecule has 12 heteroatoms. The first-order valence-corrected chi connectivity index (χ1v) is 14.1. The summed E-state index contributed by atoms with van der Waals surface area (Å²) in [6, 6.07) is 2.82. The Morgan fingerprint density at radius 2 is 2.03 bits per heavy atom. The lowest BCUT2D eigenvalue weighted by molar-refractivity contribution is -0.156. The molecule has 0 bridgehead atoms. The van der Waals surface area contributed by atoms with E-state index in [1.54, 1.807) is 6.20 Å². The molecular weight excluding hydrogens is 546 g/mol. The molecule has 1 saturated carbocycles. The number of ether oxygens (including phenoxy) is 2. The molecule has 210 valence electrons. The number of imidazole rings is 1. The summed E-state index contributed by atoms with van der Waals surface area (Å²) in [5.41, 5.74) is 0.701. The van der Waals surface area contributed by atoms with Gasteiger partial charge < -0.3 is 20.1 Å². The summed E-state index contributed by atoms with van der Waals surface area (Å²) in [7, 11) is 0. The van der Waals surface area contributed by atoms with E-state index in [4.69, 9.17) is 42.6 Å². The van der Waals surface area contributed by atoms with Gasteiger partial charge in [0.2, 0.25) is 11.9 Å². The van der Waals surface area contributed by atoms with E-state index in [0.29, 0.717) is 74.5 Å². The van der Waals surface area contributed by atoms with Gasteiger partial charge in [0.15, 0.2) is 5.65 Å². The predicted octanol–water partition coefficient (Wildman–Crippen LogP) is 6.54. The predicted molar refractivity (Wildman–Crippen MR) is 149 cm³/mol. The van der Waals surface area contributed by atoms with Crippen molar-refractivity contribution in [1.82, 2.24) is 19.5 Å². The van der Waals surface area contributed by atoms with Gasteiger partial charge in [0.25, 0.3) is 0 Å². The molecule has 1 aliphatic carbocycles. The van der Waals surface area contributed by atoms with Crippen LogP contribution < -0.4 is 10.6 Å². The van der Waals surface area contributed by atoms with Gasteiger partial charge in [0, 0.05) is 23.7 Å². The maximum atomic E-state index is 14.9. The zero-order chi connectivity index (χ0) is 27.7. The summed E-state index contributed by atoms with van der Waals surface area (Å²) < 4.78 is 27.8. The standard InChI is InChI=1S/C27H33Cl2FN6O3/c1-4-39-24(37)27(3)8-5-17(6-9-27)36-23-21(13-31-25(35-23)32-20-7-10-38-14-15(20)2)33-26(36)34-22-18(29)11-16(28)12-19(22)30/h11-13,15,17,20H,4-10,14H2,1-3H3,(H,33,34)(H,31,32,35)/t15-,17-,20-,27-/m1/s1. The van der Waals surface area contributed by atoms with Crippen LogP contribution in [0.5, 0.6) is 0 Å². The van der Waals surface area contributed by atoms with Crippen LogP contribution >= 0.6 is 23.2 Å². The van der Waals surface area contributed by atoms with E-state index in [9.17, 15) is 9.18 Å². The van der Waals surface area contributed by atoms with E-state index in [1.807, 2.05) is 18.4 Å². The second-order valence-corrected chi connectivity index (χ2v) is 11.5. The van der Waals surface area contributed by atoms with Crippen molar-refractivity contribution in [3.05, 3.63) is 34.2 Å². The zero-order valence-electron chi connectivity index (χ0n) is 22.3. The van der Waals surface area contributed by atoms with Crippen molar-refractivity contribution in [3.8, 4) is 0 Å². The number of halogens is 3. The van der Waals surface area contributed by atoms with Crippen molar-refractivity contribution in [2.75, 3.05) is 30.5 Å². The maximum absolute atomic E-state index is 14.9. The highest BCUT2D eigenvalue weighted by Gasteiger charge is 2.40. The largest absolute Gasteiger partial charge is 0.466 e. The molecular formula is C27H33Cl2FN6O3. The first kappa shape index (κ1) is 27.9. The van der Waals surface area contributed by atoms with E-state index >= 15 is 0 Å². The summed E-state index contributed by atoms with van der Waals surface area (Å²) >= 11 is 12.3. The highest BCUT2D eigenvalue weighted by atomic mass is 35.5. The van der Waals surface area contributed by atoms with E-state index in [2.05, 4.69) is 22.5 Å². The molecule has 39 heavy (non-hydrogen) atoms. The number of hydrogen-bond acceptors (Lipinski definition) is 8. The van der Waals surface area contributed by atoms with Gasteiger partial charge in [-0.25, -0.2) is 14.4 Å². The Morgan fingerprint density at radius 1 is 1.26 bits per heavy atom. The van der Waals surface area contributed by atoms with E-state index in [1.165, 1.54) is 12.1 Å². The number of hydrogen-bond donors (Lipinski definition) is 2. The number of rotatable bonds is 7. The number of nitrogens with one attached hydrogen (secondary N) is 2. The first-order chi connectivity index (χ1) is 18.7. The molecule has 3 aromatic rings. The third-order valence-electron chi connectivity index (χ3n) is 7.82. The molecule has 3 heterocycles. The minimum atomic E-state index is -0.591. The van der Waals surface area contributed by atoms with Gasteiger partial charge in [-0.3, -0.25) is 9.36 Å². The topological polar surface area (TPSA) is 103 Å². The SMILES string of the molecule is CCOC(=O)[C@]1(C)CC[C@@H](n2c(Nc3c(F)cc(Cl)cc3Cl)nc3cnc(N[C@@H]4CCOC[C@H]4C)nc32)CC1. The second-order valence-electron chi connectivity index (χ2n) is 10.7. The van der Waals surface area contributed by atoms with Crippen molar-refractivity contribution in [3.63, 3.8) is 0 Å². The van der Waals surface area contributed by atoms with Crippen LogP contribution in [0.4, 0.5) is 22.0 Å². The number of fused-ring (bicyclic) bond motifs is 1. The lowest BCUT2D eigenvalue weighted by Crippen LogP contribution is -2.36. The normalized spacial score (nSPS) is 25.4. The number of carbonyl (C=O) groups is 1. The van der Waals surface area contributed by atoms with Crippen molar-refractivity contribution in [2.24, 2.45) is 11.3 Å². The molecule has 9 nitrogen and oxygen atoms in total. The Hall–Kier alpha value is -2.69. The van der Waals surface area contributed by atoms with Gasteiger partial charge in [-0.15, -0.1) is 0 Å². The number of esters is 1. The fourth-order valence-electron chi connectivity index (χ4n) is 5.44. The van der Waals surface area contributed by atoms with Gasteiger partial charge in [-0.2, -0.15) is 4.98 Å². The summed E-state index contributed by atoms with van der Waals surface area (Å²) in [6.45, 7) is 7.62. The molecule has 1 aromatic carbocycles. The Bertz CT molecular complexity index is 1340. The first-order valence-electron chi connectivity index (χ1n) is 13.4. The van der Waals surface area contributed by atoms with Crippen LogP contribution in [0.2, 0.25) is 10.0 Å². The smallest absolute Gasteiger partial charge is 0.311 e. The van der Waals surface area contributed by atoms with Crippen molar-refractivity contribution < 1.29 is 18.7 Å². The third-order valence-corrected chi connectivity index (χ3v) is 8.34. The minimum Gasteiger partial charge on any atom is -0.466 e. The fourth-order valence-corrected chi connectivity index (χ4v) is 5.95. The zero-order valence-corrected chi connectivity index (χ0v) is 23.8. The average molecular weight is 580 g/mol. The number of carbonyl (C=O) groups excluding carboxylic acids is 1. The molecule has 5 rings (SSSR count). The summed E-state index contributed by atoms with van der Waals surface area (Å²) in [5, 5.41) is 6.88.